The van der Waals surface area contributed by atoms with Gasteiger partial charge in [0, 0.05) is 16.7 Å². The van der Waals surface area contributed by atoms with Gasteiger partial charge in [0.25, 0.3) is 5.91 Å². The molecule has 0 saturated heterocycles. The van der Waals surface area contributed by atoms with Crippen molar-refractivity contribution in [2.45, 2.75) is 33.4 Å². The number of hydrogen-bond acceptors (Lipinski definition) is 3. The van der Waals surface area contributed by atoms with Crippen molar-refractivity contribution in [3.05, 3.63) is 63.5 Å². The van der Waals surface area contributed by atoms with E-state index in [1.54, 1.807) is 31.2 Å². The first-order chi connectivity index (χ1) is 13.8. The summed E-state index contributed by atoms with van der Waals surface area (Å²) in [7, 11) is 0. The molecule has 5 nitrogen and oxygen atoms in total. The molecule has 1 N–H and O–H groups in total. The Morgan fingerprint density at radius 1 is 1.07 bits per heavy atom. The number of halogens is 2. The van der Waals surface area contributed by atoms with Crippen molar-refractivity contribution in [3.8, 4) is 5.75 Å². The van der Waals surface area contributed by atoms with Crippen LogP contribution in [0.1, 0.15) is 26.3 Å². The van der Waals surface area contributed by atoms with Crippen molar-refractivity contribution in [1.82, 2.24) is 10.2 Å². The van der Waals surface area contributed by atoms with Crippen molar-refractivity contribution in [2.75, 3.05) is 13.2 Å². The number of nitrogens with zero attached hydrogens (tertiary/aromatic N) is 1. The van der Waals surface area contributed by atoms with Gasteiger partial charge in [-0.25, -0.2) is 4.39 Å². The molecule has 29 heavy (non-hydrogen) atoms. The first kappa shape index (κ1) is 23.1. The van der Waals surface area contributed by atoms with Gasteiger partial charge in [0.05, 0.1) is 0 Å². The molecule has 0 heterocycles. The maximum Gasteiger partial charge on any atom is 0.261 e. The molecule has 0 radical (unpaired) electrons. The molecule has 0 saturated carbocycles. The predicted octanol–water partition coefficient (Wildman–Crippen LogP) is 4.00. The third kappa shape index (κ3) is 7.64. The van der Waals surface area contributed by atoms with Crippen molar-refractivity contribution in [1.29, 1.82) is 0 Å². The second-order valence-corrected chi connectivity index (χ2v) is 8.45. The summed E-state index contributed by atoms with van der Waals surface area (Å²) in [6, 6.07) is 12.6. The van der Waals surface area contributed by atoms with Crippen LogP contribution in [-0.4, -0.2) is 35.9 Å². The van der Waals surface area contributed by atoms with Gasteiger partial charge in [-0.3, -0.25) is 9.59 Å². The summed E-state index contributed by atoms with van der Waals surface area (Å²) < 4.78 is 19.9. The summed E-state index contributed by atoms with van der Waals surface area (Å²) in [6.45, 7) is 6.21. The van der Waals surface area contributed by atoms with Crippen LogP contribution in [0.2, 0.25) is 0 Å². The van der Waals surface area contributed by atoms with E-state index >= 15 is 0 Å². The third-order valence-electron chi connectivity index (χ3n) is 4.29. The van der Waals surface area contributed by atoms with Gasteiger partial charge in [-0.15, -0.1) is 0 Å². The Balaban J connectivity index is 2.10. The molecule has 2 aromatic rings. The van der Waals surface area contributed by atoms with E-state index in [1.165, 1.54) is 17.0 Å². The molecule has 2 amide bonds. The molecule has 0 bridgehead atoms. The number of rotatable bonds is 9. The Labute approximate surface area is 184 Å². The summed E-state index contributed by atoms with van der Waals surface area (Å²) >= 11 is 2.19. The van der Waals surface area contributed by atoms with E-state index in [9.17, 15) is 14.0 Å². The van der Waals surface area contributed by atoms with Crippen LogP contribution in [0, 0.1) is 15.3 Å². The van der Waals surface area contributed by atoms with E-state index in [-0.39, 0.29) is 30.8 Å². The lowest BCUT2D eigenvalue weighted by molar-refractivity contribution is -0.142. The van der Waals surface area contributed by atoms with Crippen LogP contribution in [0.3, 0.4) is 0 Å². The second kappa shape index (κ2) is 11.1. The van der Waals surface area contributed by atoms with Gasteiger partial charge in [0.2, 0.25) is 5.91 Å². The lowest BCUT2D eigenvalue weighted by atomic mass is 10.1. The number of carbonyl (C=O) groups excluding carboxylic acids is 2. The van der Waals surface area contributed by atoms with E-state index in [1.807, 2.05) is 26.0 Å². The monoisotopic (exact) mass is 512 g/mol. The molecule has 0 aliphatic carbocycles. The van der Waals surface area contributed by atoms with Crippen molar-refractivity contribution < 1.29 is 18.7 Å². The minimum atomic E-state index is -0.688. The zero-order chi connectivity index (χ0) is 21.4. The topological polar surface area (TPSA) is 58.6 Å². The SMILES string of the molecule is CC(C)CNC(=O)[C@@H](C)N(Cc1ccc(F)cc1)C(=O)COc1ccc(I)cc1. The van der Waals surface area contributed by atoms with Crippen LogP contribution in [0.4, 0.5) is 4.39 Å². The maximum absolute atomic E-state index is 13.2. The van der Waals surface area contributed by atoms with Gasteiger partial charge in [0.15, 0.2) is 6.61 Å². The number of carbonyl (C=O) groups is 2. The fourth-order valence-corrected chi connectivity index (χ4v) is 2.94. The Morgan fingerprint density at radius 2 is 1.69 bits per heavy atom. The molecule has 0 spiro atoms. The van der Waals surface area contributed by atoms with Crippen LogP contribution >= 0.6 is 22.6 Å². The smallest absolute Gasteiger partial charge is 0.261 e. The summed E-state index contributed by atoms with van der Waals surface area (Å²) in [5, 5.41) is 2.86. The minimum Gasteiger partial charge on any atom is -0.484 e. The van der Waals surface area contributed by atoms with E-state index in [0.29, 0.717) is 18.2 Å². The number of benzene rings is 2. The Bertz CT molecular complexity index is 810. The van der Waals surface area contributed by atoms with Crippen molar-refractivity contribution >= 4 is 34.4 Å². The van der Waals surface area contributed by atoms with Crippen LogP contribution < -0.4 is 10.1 Å². The molecule has 2 rings (SSSR count). The molecule has 2 aromatic carbocycles. The zero-order valence-electron chi connectivity index (χ0n) is 16.8. The maximum atomic E-state index is 13.2. The molecule has 0 unspecified atom stereocenters. The fraction of sp³-hybridized carbons (Fsp3) is 0.364. The van der Waals surface area contributed by atoms with Gasteiger partial charge in [-0.1, -0.05) is 26.0 Å². The number of hydrogen-bond donors (Lipinski definition) is 1. The van der Waals surface area contributed by atoms with Crippen LogP contribution in [0.25, 0.3) is 0 Å². The zero-order valence-corrected chi connectivity index (χ0v) is 19.0. The van der Waals surface area contributed by atoms with Gasteiger partial charge >= 0.3 is 0 Å². The highest BCUT2D eigenvalue weighted by molar-refractivity contribution is 14.1. The highest BCUT2D eigenvalue weighted by Crippen LogP contribution is 2.15. The molecule has 0 aromatic heterocycles. The highest BCUT2D eigenvalue weighted by atomic mass is 127. The molecule has 1 atom stereocenters. The van der Waals surface area contributed by atoms with E-state index in [0.717, 1.165) is 9.13 Å². The molecular formula is C22H26FIN2O3. The largest absolute Gasteiger partial charge is 0.484 e. The summed E-state index contributed by atoms with van der Waals surface area (Å²) in [5.74, 6) is -0.0195. The number of amides is 2. The fourth-order valence-electron chi connectivity index (χ4n) is 2.58. The molecular weight excluding hydrogens is 486 g/mol. The van der Waals surface area contributed by atoms with Crippen LogP contribution in [-0.2, 0) is 16.1 Å². The summed E-state index contributed by atoms with van der Waals surface area (Å²) in [6.07, 6.45) is 0. The van der Waals surface area contributed by atoms with Crippen LogP contribution in [0.15, 0.2) is 48.5 Å². The number of nitrogens with one attached hydrogen (secondary N) is 1. The predicted molar refractivity (Wildman–Crippen MR) is 119 cm³/mol. The van der Waals surface area contributed by atoms with E-state index < -0.39 is 6.04 Å². The molecule has 0 fully saturated rings. The Morgan fingerprint density at radius 3 is 2.28 bits per heavy atom. The molecule has 0 aliphatic rings. The van der Waals surface area contributed by atoms with Gasteiger partial charge in [0.1, 0.15) is 17.6 Å². The summed E-state index contributed by atoms with van der Waals surface area (Å²) in [5.41, 5.74) is 0.734. The Kier molecular flexibility index (Phi) is 8.88. The van der Waals surface area contributed by atoms with E-state index in [4.69, 9.17) is 4.74 Å². The lowest BCUT2D eigenvalue weighted by Gasteiger charge is -2.29. The standard InChI is InChI=1S/C22H26FIN2O3/c1-15(2)12-25-22(28)16(3)26(13-17-4-6-18(23)7-5-17)21(27)14-29-20-10-8-19(24)9-11-20/h4-11,15-16H,12-14H2,1-3H3,(H,25,28)/t16-/m1/s1. The normalized spacial score (nSPS) is 11.8. The van der Waals surface area contributed by atoms with Crippen LogP contribution in [0.5, 0.6) is 5.75 Å². The quantitative estimate of drug-likeness (QED) is 0.517. The summed E-state index contributed by atoms with van der Waals surface area (Å²) in [4.78, 5) is 26.9. The minimum absolute atomic E-state index is 0.186. The van der Waals surface area contributed by atoms with Crippen molar-refractivity contribution in [3.63, 3.8) is 0 Å². The highest BCUT2D eigenvalue weighted by Gasteiger charge is 2.26. The number of ether oxygens (including phenoxy) is 1. The first-order valence-electron chi connectivity index (χ1n) is 9.46. The average Bonchev–Trinajstić information content (AvgIpc) is 2.70. The van der Waals surface area contributed by atoms with Gasteiger partial charge in [-0.2, -0.15) is 0 Å². The van der Waals surface area contributed by atoms with Gasteiger partial charge < -0.3 is 15.0 Å². The second-order valence-electron chi connectivity index (χ2n) is 7.21. The first-order valence-corrected chi connectivity index (χ1v) is 10.5. The lowest BCUT2D eigenvalue weighted by Crippen LogP contribution is -2.49. The average molecular weight is 512 g/mol. The molecule has 7 heteroatoms. The molecule has 156 valence electrons. The molecule has 0 aliphatic heterocycles. The Hall–Kier alpha value is -2.16. The van der Waals surface area contributed by atoms with E-state index in [2.05, 4.69) is 27.9 Å². The third-order valence-corrected chi connectivity index (χ3v) is 5.01. The van der Waals surface area contributed by atoms with Crippen molar-refractivity contribution in [2.24, 2.45) is 5.92 Å². The van der Waals surface area contributed by atoms with Gasteiger partial charge in [-0.05, 0) is 77.4 Å².